The quantitative estimate of drug-likeness (QED) is 0.655. The van der Waals surface area contributed by atoms with E-state index in [9.17, 15) is 14.5 Å². The van der Waals surface area contributed by atoms with E-state index in [0.717, 1.165) is 32.0 Å². The fourth-order valence-electron chi connectivity index (χ4n) is 2.37. The summed E-state index contributed by atoms with van der Waals surface area (Å²) >= 11 is 0. The van der Waals surface area contributed by atoms with E-state index < -0.39 is 10.7 Å². The highest BCUT2D eigenvalue weighted by molar-refractivity contribution is 5.60. The summed E-state index contributed by atoms with van der Waals surface area (Å²) in [6.45, 7) is 3.73. The van der Waals surface area contributed by atoms with Gasteiger partial charge in [0.2, 0.25) is 0 Å². The van der Waals surface area contributed by atoms with Crippen molar-refractivity contribution in [2.75, 3.05) is 25.5 Å². The Morgan fingerprint density at radius 3 is 2.65 bits per heavy atom. The molecule has 0 amide bonds. The maximum absolute atomic E-state index is 14.0. The molecule has 20 heavy (non-hydrogen) atoms. The van der Waals surface area contributed by atoms with Gasteiger partial charge in [0.15, 0.2) is 11.6 Å². The second-order valence-electron chi connectivity index (χ2n) is 5.20. The minimum Gasteiger partial charge on any atom is -0.490 e. The highest BCUT2D eigenvalue weighted by atomic mass is 19.1. The molecule has 1 saturated heterocycles. The van der Waals surface area contributed by atoms with Crippen LogP contribution in [0, 0.1) is 15.9 Å². The molecule has 0 atom stereocenters. The maximum Gasteiger partial charge on any atom is 0.313 e. The minimum atomic E-state index is -0.655. The highest BCUT2D eigenvalue weighted by Crippen LogP contribution is 2.34. The van der Waals surface area contributed by atoms with E-state index in [1.54, 1.807) is 0 Å². The number of piperidine rings is 1. The second-order valence-corrected chi connectivity index (χ2v) is 5.20. The van der Waals surface area contributed by atoms with Crippen molar-refractivity contribution in [2.45, 2.75) is 25.3 Å². The summed E-state index contributed by atoms with van der Waals surface area (Å²) in [5.74, 6) is -0.589. The molecule has 0 aromatic heterocycles. The van der Waals surface area contributed by atoms with Gasteiger partial charge in [0.05, 0.1) is 23.8 Å². The van der Waals surface area contributed by atoms with E-state index in [-0.39, 0.29) is 22.7 Å². The summed E-state index contributed by atoms with van der Waals surface area (Å²) in [7, 11) is 1.33. The zero-order valence-corrected chi connectivity index (χ0v) is 11.5. The summed E-state index contributed by atoms with van der Waals surface area (Å²) in [4.78, 5) is 10.2. The number of halogens is 1. The average Bonchev–Trinajstić information content (AvgIpc) is 2.41. The first kappa shape index (κ1) is 14.5. The first-order chi connectivity index (χ1) is 9.45. The third-order valence-corrected chi connectivity index (χ3v) is 3.61. The lowest BCUT2D eigenvalue weighted by Crippen LogP contribution is -2.45. The van der Waals surface area contributed by atoms with Crippen molar-refractivity contribution in [3.8, 4) is 5.75 Å². The van der Waals surface area contributed by atoms with Crippen molar-refractivity contribution in [1.82, 2.24) is 5.32 Å². The van der Waals surface area contributed by atoms with Crippen LogP contribution in [0.2, 0.25) is 0 Å². The van der Waals surface area contributed by atoms with Crippen LogP contribution < -0.4 is 15.4 Å². The fourth-order valence-corrected chi connectivity index (χ4v) is 2.37. The maximum atomic E-state index is 14.0. The van der Waals surface area contributed by atoms with Crippen LogP contribution in [0.25, 0.3) is 0 Å². The van der Waals surface area contributed by atoms with Gasteiger partial charge in [-0.2, -0.15) is 0 Å². The third-order valence-electron chi connectivity index (χ3n) is 3.61. The Labute approximate surface area is 116 Å². The number of ether oxygens (including phenoxy) is 1. The molecule has 7 heteroatoms. The van der Waals surface area contributed by atoms with Gasteiger partial charge in [-0.25, -0.2) is 4.39 Å². The summed E-state index contributed by atoms with van der Waals surface area (Å²) in [5.41, 5.74) is -0.365. The van der Waals surface area contributed by atoms with E-state index in [0.29, 0.717) is 0 Å². The Morgan fingerprint density at radius 1 is 1.45 bits per heavy atom. The number of benzene rings is 1. The number of hydrogen-bond donors (Lipinski definition) is 2. The van der Waals surface area contributed by atoms with Crippen molar-refractivity contribution in [1.29, 1.82) is 0 Å². The molecule has 0 aliphatic carbocycles. The Bertz CT molecular complexity index is 516. The number of methoxy groups -OCH3 is 1. The van der Waals surface area contributed by atoms with Crippen LogP contribution in [0.4, 0.5) is 15.8 Å². The van der Waals surface area contributed by atoms with Gasteiger partial charge < -0.3 is 15.4 Å². The monoisotopic (exact) mass is 283 g/mol. The second kappa shape index (κ2) is 5.62. The predicted molar refractivity (Wildman–Crippen MR) is 73.7 cm³/mol. The van der Waals surface area contributed by atoms with E-state index in [1.165, 1.54) is 13.2 Å². The summed E-state index contributed by atoms with van der Waals surface area (Å²) < 4.78 is 19.0. The van der Waals surface area contributed by atoms with E-state index in [4.69, 9.17) is 4.74 Å². The van der Waals surface area contributed by atoms with Crippen molar-refractivity contribution in [3.63, 3.8) is 0 Å². The molecule has 1 aliphatic rings. The molecular formula is C13H18FN3O3. The molecule has 2 rings (SSSR count). The molecule has 1 aromatic carbocycles. The zero-order chi connectivity index (χ0) is 14.8. The average molecular weight is 283 g/mol. The van der Waals surface area contributed by atoms with E-state index >= 15 is 0 Å². The Balaban J connectivity index is 2.30. The number of nitrogens with one attached hydrogen (secondary N) is 2. The molecular weight excluding hydrogens is 265 g/mol. The number of hydrogen-bond acceptors (Lipinski definition) is 5. The normalized spacial score (nSPS) is 17.6. The lowest BCUT2D eigenvalue weighted by molar-refractivity contribution is -0.385. The van der Waals surface area contributed by atoms with E-state index in [1.807, 2.05) is 6.92 Å². The molecule has 0 unspecified atom stereocenters. The van der Waals surface area contributed by atoms with Gasteiger partial charge in [0.1, 0.15) is 0 Å². The molecule has 0 spiro atoms. The number of rotatable bonds is 4. The Hall–Kier alpha value is -1.89. The van der Waals surface area contributed by atoms with Gasteiger partial charge >= 0.3 is 5.69 Å². The lowest BCUT2D eigenvalue weighted by Gasteiger charge is -2.36. The summed E-state index contributed by atoms with van der Waals surface area (Å²) in [6.07, 6.45) is 1.71. The van der Waals surface area contributed by atoms with Crippen LogP contribution in [0.15, 0.2) is 12.1 Å². The molecule has 0 bridgehead atoms. The largest absolute Gasteiger partial charge is 0.490 e. The first-order valence-corrected chi connectivity index (χ1v) is 6.46. The minimum absolute atomic E-state index is 0.0523. The van der Waals surface area contributed by atoms with Crippen molar-refractivity contribution < 1.29 is 14.1 Å². The molecule has 1 fully saturated rings. The van der Waals surface area contributed by atoms with Gasteiger partial charge in [-0.15, -0.1) is 0 Å². The molecule has 6 nitrogen and oxygen atoms in total. The summed E-state index contributed by atoms with van der Waals surface area (Å²) in [6, 6.07) is 2.24. The SMILES string of the molecule is COc1cc(NC2(C)CCNCC2)c(F)cc1[N+](=O)[O-]. The van der Waals surface area contributed by atoms with Crippen LogP contribution in [0.1, 0.15) is 19.8 Å². The molecule has 1 aliphatic heterocycles. The van der Waals surface area contributed by atoms with Crippen LogP contribution in [0.5, 0.6) is 5.75 Å². The highest BCUT2D eigenvalue weighted by Gasteiger charge is 2.28. The molecule has 110 valence electrons. The van der Waals surface area contributed by atoms with Crippen LogP contribution in [-0.2, 0) is 0 Å². The van der Waals surface area contributed by atoms with Gasteiger partial charge in [-0.1, -0.05) is 0 Å². The van der Waals surface area contributed by atoms with Crippen molar-refractivity contribution in [2.24, 2.45) is 0 Å². The lowest BCUT2D eigenvalue weighted by atomic mass is 9.90. The zero-order valence-electron chi connectivity index (χ0n) is 11.5. The molecule has 2 N–H and O–H groups in total. The molecule has 0 saturated carbocycles. The number of nitro groups is 1. The number of anilines is 1. The van der Waals surface area contributed by atoms with Crippen LogP contribution in [-0.4, -0.2) is 30.7 Å². The standard InChI is InChI=1S/C13H18FN3O3/c1-13(3-5-15-6-4-13)16-10-8-12(20-2)11(17(18)19)7-9(10)14/h7-8,15-16H,3-6H2,1-2H3. The molecule has 0 radical (unpaired) electrons. The van der Waals surface area contributed by atoms with Crippen LogP contribution in [0.3, 0.4) is 0 Å². The molecule has 1 aromatic rings. The van der Waals surface area contributed by atoms with Gasteiger partial charge in [-0.05, 0) is 32.9 Å². The van der Waals surface area contributed by atoms with Gasteiger partial charge in [-0.3, -0.25) is 10.1 Å². The van der Waals surface area contributed by atoms with Crippen LogP contribution >= 0.6 is 0 Å². The smallest absolute Gasteiger partial charge is 0.313 e. The fraction of sp³-hybridized carbons (Fsp3) is 0.538. The van der Waals surface area contributed by atoms with E-state index in [2.05, 4.69) is 10.6 Å². The number of nitrogens with zero attached hydrogens (tertiary/aromatic N) is 1. The number of nitro benzene ring substituents is 1. The topological polar surface area (TPSA) is 76.4 Å². The Morgan fingerprint density at radius 2 is 2.10 bits per heavy atom. The predicted octanol–water partition coefficient (Wildman–Crippen LogP) is 2.30. The van der Waals surface area contributed by atoms with Gasteiger partial charge in [0, 0.05) is 11.6 Å². The van der Waals surface area contributed by atoms with Crippen molar-refractivity contribution in [3.05, 3.63) is 28.1 Å². The third kappa shape index (κ3) is 2.98. The summed E-state index contributed by atoms with van der Waals surface area (Å²) in [5, 5.41) is 17.2. The van der Waals surface area contributed by atoms with Gasteiger partial charge in [0.25, 0.3) is 0 Å². The van der Waals surface area contributed by atoms with Crippen molar-refractivity contribution >= 4 is 11.4 Å². The Kier molecular flexibility index (Phi) is 4.08. The molecule has 1 heterocycles. The first-order valence-electron chi connectivity index (χ1n) is 6.46.